The van der Waals surface area contributed by atoms with E-state index in [0.29, 0.717) is 78.0 Å². The number of rotatable bonds is 13. The molecule has 3 unspecified atom stereocenters. The number of ether oxygens (including phenoxy) is 8. The van der Waals surface area contributed by atoms with Crippen molar-refractivity contribution in [1.82, 2.24) is 15.0 Å². The van der Waals surface area contributed by atoms with Crippen LogP contribution in [-0.4, -0.2) is 90.5 Å². The molecule has 0 bridgehead atoms. The maximum atomic E-state index is 13.9. The van der Waals surface area contributed by atoms with Gasteiger partial charge in [-0.25, -0.2) is 13.2 Å². The molecule has 0 radical (unpaired) electrons. The Morgan fingerprint density at radius 2 is 0.845 bits per heavy atom. The van der Waals surface area contributed by atoms with Crippen molar-refractivity contribution in [2.45, 2.75) is 252 Å². The predicted octanol–water partition coefficient (Wildman–Crippen LogP) is 19.2. The molecule has 9 saturated carbocycles. The Morgan fingerprint density at radius 3 is 1.15 bits per heavy atom. The lowest BCUT2D eigenvalue weighted by atomic mass is 9.46. The summed E-state index contributed by atoms with van der Waals surface area (Å²) in [5.41, 5.74) is 4.47. The second-order valence-electron chi connectivity index (χ2n) is 33.3. The van der Waals surface area contributed by atoms with Crippen LogP contribution in [0.3, 0.4) is 0 Å². The molecule has 0 amide bonds. The van der Waals surface area contributed by atoms with Gasteiger partial charge in [0.05, 0.1) is 63.7 Å². The second kappa shape index (κ2) is 31.0. The Morgan fingerprint density at radius 1 is 0.495 bits per heavy atom. The normalized spacial score (nSPS) is 39.6. The van der Waals surface area contributed by atoms with Crippen LogP contribution < -0.4 is 14.9 Å². The number of hydrogen-bond acceptors (Lipinski definition) is 11. The van der Waals surface area contributed by atoms with Crippen molar-refractivity contribution < 1.29 is 51.1 Å². The Kier molecular flexibility index (Phi) is 23.3. The molecule has 15 rings (SSSR count). The highest BCUT2D eigenvalue weighted by Gasteiger charge is 2.64. The standard InChI is InChI=1S/2C27H38FNO3.C22H35BrO2.C5H4FNO/c2*1-18-8-9-23-26(2,20(18)12-15-30-22-11-14-29-16-21(22)28)13-10-24-27(23,3)17-31-25(32-24)19-6-4-5-7-19;1-15-8-9-18-21(2,17(15)11-13-23)12-10-19-22(18,3)14-24-20(25-19)16-6-4-5-7-16;6-4-3-7-2-1-5(4)8/h2*11,14,16,19-20,23-25H,1,4-10,12-13,15,17H2,2-3H3;16-20H,1,4-14H2,2-3H3;1-3H,(H,7,8)/t2*20-,23?,24-,25-,26+,27+;17-,18?,19-,20-,21+,22+;/m111./s1. The highest BCUT2D eigenvalue weighted by molar-refractivity contribution is 9.09. The van der Waals surface area contributed by atoms with E-state index in [4.69, 9.17) is 37.9 Å². The summed E-state index contributed by atoms with van der Waals surface area (Å²) in [5.74, 6) is 3.98. The lowest BCUT2D eigenvalue weighted by Gasteiger charge is -2.63. The van der Waals surface area contributed by atoms with Gasteiger partial charge in [0.25, 0.3) is 0 Å². The van der Waals surface area contributed by atoms with Crippen LogP contribution in [0.5, 0.6) is 11.5 Å². The van der Waals surface area contributed by atoms with Gasteiger partial charge in [-0.3, -0.25) is 14.8 Å². The van der Waals surface area contributed by atoms with E-state index in [-0.39, 0.29) is 69.7 Å². The molecule has 3 aromatic heterocycles. The number of halogens is 4. The van der Waals surface area contributed by atoms with Crippen molar-refractivity contribution in [3.05, 3.63) is 120 Å². The van der Waals surface area contributed by atoms with Gasteiger partial charge in [0.2, 0.25) is 5.43 Å². The summed E-state index contributed by atoms with van der Waals surface area (Å²) in [4.78, 5) is 20.3. The molecule has 3 aromatic rings. The van der Waals surface area contributed by atoms with Gasteiger partial charge in [0.1, 0.15) is 0 Å². The fourth-order valence-corrected chi connectivity index (χ4v) is 23.1. The van der Waals surface area contributed by atoms with Gasteiger partial charge in [0, 0.05) is 82.3 Å². The highest BCUT2D eigenvalue weighted by Crippen LogP contribution is 2.67. The first-order valence-corrected chi connectivity index (χ1v) is 38.9. The zero-order chi connectivity index (χ0) is 68.3. The molecule has 6 heterocycles. The molecule has 12 nitrogen and oxygen atoms in total. The van der Waals surface area contributed by atoms with Gasteiger partial charge < -0.3 is 42.9 Å². The van der Waals surface area contributed by atoms with E-state index < -0.39 is 22.9 Å². The van der Waals surface area contributed by atoms with E-state index in [1.807, 2.05) is 0 Å². The molecule has 3 aliphatic heterocycles. The van der Waals surface area contributed by atoms with Crippen LogP contribution in [0.15, 0.2) is 96.6 Å². The number of pyridine rings is 3. The van der Waals surface area contributed by atoms with Gasteiger partial charge in [-0.2, -0.15) is 0 Å². The van der Waals surface area contributed by atoms with Crippen LogP contribution in [0.2, 0.25) is 0 Å². The third-order valence-electron chi connectivity index (χ3n) is 27.8. The van der Waals surface area contributed by atoms with Gasteiger partial charge in [-0.1, -0.05) is 132 Å². The first-order valence-electron chi connectivity index (χ1n) is 37.8. The van der Waals surface area contributed by atoms with Gasteiger partial charge in [-0.05, 0) is 187 Å². The van der Waals surface area contributed by atoms with E-state index in [0.717, 1.165) is 102 Å². The number of hydrogen-bond donors (Lipinski definition) is 1. The summed E-state index contributed by atoms with van der Waals surface area (Å²) in [6.07, 6.45) is 41.2. The molecule has 0 aromatic carbocycles. The van der Waals surface area contributed by atoms with Crippen LogP contribution in [0.1, 0.15) is 215 Å². The summed E-state index contributed by atoms with van der Waals surface area (Å²) in [6, 6.07) is 4.33. The van der Waals surface area contributed by atoms with Crippen LogP contribution in [0, 0.1) is 103 Å². The molecular formula is C81H115BrF3N3O9. The average Bonchev–Trinajstić information content (AvgIpc) is 1.68. The molecule has 1 N–H and O–H groups in total. The van der Waals surface area contributed by atoms with E-state index in [2.05, 4.69) is 92.2 Å². The molecule has 16 heteroatoms. The van der Waals surface area contributed by atoms with E-state index in [9.17, 15) is 18.0 Å². The number of alkyl halides is 1. The second-order valence-corrected chi connectivity index (χ2v) is 34.1. The van der Waals surface area contributed by atoms with Gasteiger partial charge >= 0.3 is 0 Å². The molecule has 18 atom stereocenters. The zero-order valence-corrected chi connectivity index (χ0v) is 61.0. The van der Waals surface area contributed by atoms with E-state index in [1.165, 1.54) is 144 Å². The van der Waals surface area contributed by atoms with Crippen molar-refractivity contribution in [2.24, 2.45) is 85.8 Å². The maximum Gasteiger partial charge on any atom is 0.217 e. The Balaban J connectivity index is 0.000000132. The van der Waals surface area contributed by atoms with Crippen molar-refractivity contribution >= 4 is 15.9 Å². The van der Waals surface area contributed by atoms with Crippen molar-refractivity contribution in [1.29, 1.82) is 0 Å². The number of nitrogens with one attached hydrogen (secondary N) is 1. The smallest absolute Gasteiger partial charge is 0.217 e. The highest BCUT2D eigenvalue weighted by atomic mass is 79.9. The Bertz CT molecular complexity index is 3090. The fraction of sp³-hybridized carbons (Fsp3) is 0.741. The Labute approximate surface area is 586 Å². The van der Waals surface area contributed by atoms with Crippen LogP contribution in [0.25, 0.3) is 0 Å². The molecule has 97 heavy (non-hydrogen) atoms. The fourth-order valence-electron chi connectivity index (χ4n) is 22.6. The number of aromatic amines is 1. The summed E-state index contributed by atoms with van der Waals surface area (Å²) < 4.78 is 90.7. The first kappa shape index (κ1) is 72.9. The number of nitrogens with zero attached hydrogens (tertiary/aromatic N) is 2. The minimum absolute atomic E-state index is 0.00191. The third-order valence-corrected chi connectivity index (χ3v) is 28.3. The summed E-state index contributed by atoms with van der Waals surface area (Å²) in [7, 11) is 0. The van der Waals surface area contributed by atoms with Crippen molar-refractivity contribution in [3.63, 3.8) is 0 Å². The van der Waals surface area contributed by atoms with Crippen molar-refractivity contribution in [3.8, 4) is 11.5 Å². The average molecular weight is 1410 g/mol. The number of fused-ring (bicyclic) bond motifs is 9. The summed E-state index contributed by atoms with van der Waals surface area (Å²) in [5, 5.41) is 1.08. The van der Waals surface area contributed by atoms with E-state index >= 15 is 0 Å². The van der Waals surface area contributed by atoms with Crippen LogP contribution >= 0.6 is 15.9 Å². The van der Waals surface area contributed by atoms with Crippen LogP contribution in [0.4, 0.5) is 13.2 Å². The number of allylic oxidation sites excluding steroid dienone is 3. The maximum absolute atomic E-state index is 13.9. The molecule has 12 fully saturated rings. The summed E-state index contributed by atoms with van der Waals surface area (Å²) in [6.45, 7) is 31.6. The zero-order valence-electron chi connectivity index (χ0n) is 59.4. The van der Waals surface area contributed by atoms with Crippen molar-refractivity contribution in [2.75, 3.05) is 38.4 Å². The SMILES string of the molecule is C=C1CCC2[C@]3(C)CO[C@@H](C4CCCC4)O[C@@H]3CC[C@@]2(C)[C@@H]1CCBr.C=C1CCC2[C@]3(C)CO[C@@H](C4CCCC4)O[C@@H]3CC[C@@]2(C)[C@@H]1CCOc1ccncc1F.C=C1CCC2[C@]3(C)CO[C@@H](C4CCCC4)O[C@@H]3CC[C@@]2(C)[C@@H]1CCOc1ccncc1F.O=c1cc[nH]cc1F. The molecule has 536 valence electrons. The minimum Gasteiger partial charge on any atom is -0.490 e. The molecule has 9 aliphatic carbocycles. The molecule has 12 aliphatic rings. The number of aromatic nitrogens is 3. The topological polar surface area (TPSA) is 132 Å². The lowest BCUT2D eigenvalue weighted by molar-refractivity contribution is -0.316. The Hall–Kier alpha value is -3.90. The van der Waals surface area contributed by atoms with Gasteiger partial charge in [-0.15, -0.1) is 0 Å². The summed E-state index contributed by atoms with van der Waals surface area (Å²) >= 11 is 3.69. The minimum atomic E-state index is -0.743. The molecular weight excluding hydrogens is 1300 g/mol. The number of H-pyrrole nitrogens is 1. The van der Waals surface area contributed by atoms with Gasteiger partial charge in [0.15, 0.2) is 47.8 Å². The van der Waals surface area contributed by atoms with Crippen LogP contribution in [-0.2, 0) is 28.4 Å². The molecule has 0 spiro atoms. The quantitative estimate of drug-likeness (QED) is 0.130. The predicted molar refractivity (Wildman–Crippen MR) is 376 cm³/mol. The van der Waals surface area contributed by atoms with E-state index in [1.54, 1.807) is 24.5 Å². The monoisotopic (exact) mass is 1410 g/mol. The first-order chi connectivity index (χ1) is 46.6. The molecule has 3 saturated heterocycles. The largest absolute Gasteiger partial charge is 0.490 e. The third kappa shape index (κ3) is 14.9. The lowest BCUT2D eigenvalue weighted by Crippen LogP contribution is -2.62.